The van der Waals surface area contributed by atoms with Crippen molar-refractivity contribution in [1.29, 1.82) is 0 Å². The number of carbonyl (C=O) groups excluding carboxylic acids is 1. The molecule has 0 atom stereocenters. The number of fused-ring (bicyclic) bond motifs is 1. The van der Waals surface area contributed by atoms with Gasteiger partial charge in [0.15, 0.2) is 11.6 Å². The van der Waals surface area contributed by atoms with Crippen molar-refractivity contribution in [1.82, 2.24) is 19.8 Å². The molecule has 0 unspecified atom stereocenters. The molecule has 35 heavy (non-hydrogen) atoms. The van der Waals surface area contributed by atoms with E-state index < -0.39 is 5.82 Å². The Bertz CT molecular complexity index is 1290. The fourth-order valence-electron chi connectivity index (χ4n) is 4.39. The Morgan fingerprint density at radius 2 is 1.94 bits per heavy atom. The van der Waals surface area contributed by atoms with Gasteiger partial charge in [-0.05, 0) is 70.3 Å². The van der Waals surface area contributed by atoms with Crippen LogP contribution < -0.4 is 20.5 Å². The van der Waals surface area contributed by atoms with Crippen molar-refractivity contribution < 1.29 is 13.9 Å². The number of aromatic nitrogens is 2. The maximum absolute atomic E-state index is 14.1. The van der Waals surface area contributed by atoms with E-state index in [1.807, 2.05) is 32.0 Å². The Hall–Kier alpha value is -3.46. The number of carbonyl (C=O) groups is 1. The molecule has 8 nitrogen and oxygen atoms in total. The SMILES string of the molecule is COc1cc(-c2nc3ccc(N4CCCN(C)CC4)cc3c(=O)n2CC(=O)NC(C)C)ccc1F. The Balaban J connectivity index is 1.84. The number of ether oxygens (including phenoxy) is 1. The van der Waals surface area contributed by atoms with Gasteiger partial charge in [0.05, 0.1) is 18.0 Å². The molecule has 4 rings (SSSR count). The molecule has 1 aromatic heterocycles. The topological polar surface area (TPSA) is 79.7 Å². The molecular weight excluding hydrogens is 449 g/mol. The number of nitrogens with one attached hydrogen (secondary N) is 1. The van der Waals surface area contributed by atoms with E-state index in [1.165, 1.54) is 29.9 Å². The minimum atomic E-state index is -0.517. The van der Waals surface area contributed by atoms with E-state index in [2.05, 4.69) is 22.2 Å². The summed E-state index contributed by atoms with van der Waals surface area (Å²) in [5, 5.41) is 3.27. The van der Waals surface area contributed by atoms with Gasteiger partial charge in [-0.3, -0.25) is 14.2 Å². The highest BCUT2D eigenvalue weighted by Crippen LogP contribution is 2.27. The molecule has 0 radical (unpaired) electrons. The summed E-state index contributed by atoms with van der Waals surface area (Å²) in [6.07, 6.45) is 1.04. The van der Waals surface area contributed by atoms with E-state index in [9.17, 15) is 14.0 Å². The fourth-order valence-corrected chi connectivity index (χ4v) is 4.39. The van der Waals surface area contributed by atoms with Gasteiger partial charge in [0, 0.05) is 36.9 Å². The van der Waals surface area contributed by atoms with Gasteiger partial charge in [0.25, 0.3) is 5.56 Å². The number of amides is 1. The molecule has 2 aromatic carbocycles. The Morgan fingerprint density at radius 1 is 1.14 bits per heavy atom. The second-order valence-corrected chi connectivity index (χ2v) is 9.24. The summed E-state index contributed by atoms with van der Waals surface area (Å²) in [6, 6.07) is 9.89. The van der Waals surface area contributed by atoms with Gasteiger partial charge in [-0.25, -0.2) is 9.37 Å². The van der Waals surface area contributed by atoms with Crippen molar-refractivity contribution in [3.63, 3.8) is 0 Å². The summed E-state index contributed by atoms with van der Waals surface area (Å²) in [7, 11) is 3.49. The predicted molar refractivity (Wildman–Crippen MR) is 136 cm³/mol. The number of hydrogen-bond donors (Lipinski definition) is 1. The number of rotatable bonds is 6. The van der Waals surface area contributed by atoms with Gasteiger partial charge in [-0.2, -0.15) is 0 Å². The Morgan fingerprint density at radius 3 is 2.69 bits per heavy atom. The van der Waals surface area contributed by atoms with Crippen molar-refractivity contribution in [2.75, 3.05) is 45.2 Å². The lowest BCUT2D eigenvalue weighted by atomic mass is 10.1. The number of methoxy groups -OCH3 is 1. The standard InChI is InChI=1S/C26H32FN5O3/c1-17(2)28-24(33)16-32-25(18-6-8-21(27)23(14-18)35-4)29-22-9-7-19(15-20(22)26(32)34)31-11-5-10-30(3)12-13-31/h6-9,14-15,17H,5,10-13,16H2,1-4H3,(H,28,33). The largest absolute Gasteiger partial charge is 0.494 e. The first-order chi connectivity index (χ1) is 16.8. The van der Waals surface area contributed by atoms with E-state index >= 15 is 0 Å². The van der Waals surface area contributed by atoms with Crippen LogP contribution in [-0.4, -0.2) is 66.7 Å². The van der Waals surface area contributed by atoms with Gasteiger partial charge in [-0.1, -0.05) is 0 Å². The molecule has 9 heteroatoms. The van der Waals surface area contributed by atoms with Gasteiger partial charge in [0.2, 0.25) is 5.91 Å². The molecule has 0 bridgehead atoms. The van der Waals surface area contributed by atoms with E-state index in [-0.39, 0.29) is 35.6 Å². The molecule has 0 aliphatic carbocycles. The van der Waals surface area contributed by atoms with Gasteiger partial charge >= 0.3 is 0 Å². The molecule has 1 aliphatic rings. The van der Waals surface area contributed by atoms with Crippen molar-refractivity contribution in [2.45, 2.75) is 32.9 Å². The number of anilines is 1. The molecule has 0 saturated carbocycles. The minimum absolute atomic E-state index is 0.0384. The average Bonchev–Trinajstić information content (AvgIpc) is 3.05. The van der Waals surface area contributed by atoms with Crippen LogP contribution in [0.1, 0.15) is 20.3 Å². The lowest BCUT2D eigenvalue weighted by Crippen LogP contribution is -2.37. The normalized spacial score (nSPS) is 14.9. The Kier molecular flexibility index (Phi) is 7.35. The molecule has 1 saturated heterocycles. The molecule has 186 valence electrons. The predicted octanol–water partition coefficient (Wildman–Crippen LogP) is 2.88. The van der Waals surface area contributed by atoms with Gasteiger partial charge < -0.3 is 19.9 Å². The highest BCUT2D eigenvalue weighted by Gasteiger charge is 2.19. The van der Waals surface area contributed by atoms with E-state index in [0.29, 0.717) is 16.5 Å². The third kappa shape index (κ3) is 5.45. The molecule has 3 aromatic rings. The molecule has 1 N–H and O–H groups in total. The minimum Gasteiger partial charge on any atom is -0.494 e. The lowest BCUT2D eigenvalue weighted by molar-refractivity contribution is -0.122. The highest BCUT2D eigenvalue weighted by molar-refractivity contribution is 5.84. The number of likely N-dealkylation sites (N-methyl/N-ethyl adjacent to an activating group) is 1. The first kappa shape index (κ1) is 24.7. The highest BCUT2D eigenvalue weighted by atomic mass is 19.1. The summed E-state index contributed by atoms with van der Waals surface area (Å²) in [5.41, 5.74) is 1.64. The molecule has 2 heterocycles. The molecule has 1 amide bonds. The summed E-state index contributed by atoms with van der Waals surface area (Å²) >= 11 is 0. The maximum atomic E-state index is 14.1. The summed E-state index contributed by atoms with van der Waals surface area (Å²) in [6.45, 7) is 7.27. The van der Waals surface area contributed by atoms with Crippen LogP contribution in [0.25, 0.3) is 22.3 Å². The summed E-state index contributed by atoms with van der Waals surface area (Å²) < 4.78 is 20.5. The van der Waals surface area contributed by atoms with Crippen molar-refractivity contribution in [2.24, 2.45) is 0 Å². The van der Waals surface area contributed by atoms with Gasteiger partial charge in [-0.15, -0.1) is 0 Å². The van der Waals surface area contributed by atoms with Gasteiger partial charge in [0.1, 0.15) is 12.4 Å². The van der Waals surface area contributed by atoms with E-state index in [4.69, 9.17) is 9.72 Å². The molecule has 1 fully saturated rings. The second kappa shape index (κ2) is 10.4. The number of nitrogens with zero attached hydrogens (tertiary/aromatic N) is 4. The van der Waals surface area contributed by atoms with Crippen LogP contribution in [0.3, 0.4) is 0 Å². The van der Waals surface area contributed by atoms with Crippen LogP contribution in [0.2, 0.25) is 0 Å². The van der Waals surface area contributed by atoms with E-state index in [1.54, 1.807) is 0 Å². The fraction of sp³-hybridized carbons (Fsp3) is 0.423. The summed E-state index contributed by atoms with van der Waals surface area (Å²) in [4.78, 5) is 35.7. The van der Waals surface area contributed by atoms with Crippen molar-refractivity contribution in [3.05, 3.63) is 52.6 Å². The Labute approximate surface area is 204 Å². The molecular formula is C26H32FN5O3. The van der Waals surface area contributed by atoms with Crippen LogP contribution in [0.5, 0.6) is 5.75 Å². The van der Waals surface area contributed by atoms with Crippen LogP contribution in [0.4, 0.5) is 10.1 Å². The third-order valence-corrected chi connectivity index (χ3v) is 6.18. The lowest BCUT2D eigenvalue weighted by Gasteiger charge is -2.23. The molecule has 0 spiro atoms. The number of hydrogen-bond acceptors (Lipinski definition) is 6. The molecule has 1 aliphatic heterocycles. The third-order valence-electron chi connectivity index (χ3n) is 6.18. The average molecular weight is 482 g/mol. The van der Waals surface area contributed by atoms with Crippen molar-refractivity contribution >= 4 is 22.5 Å². The van der Waals surface area contributed by atoms with Crippen LogP contribution in [0.15, 0.2) is 41.2 Å². The zero-order valence-corrected chi connectivity index (χ0v) is 20.7. The number of halogens is 1. The first-order valence-electron chi connectivity index (χ1n) is 11.9. The maximum Gasteiger partial charge on any atom is 0.262 e. The quantitative estimate of drug-likeness (QED) is 0.583. The zero-order chi connectivity index (χ0) is 25.1. The second-order valence-electron chi connectivity index (χ2n) is 9.24. The van der Waals surface area contributed by atoms with Crippen molar-refractivity contribution in [3.8, 4) is 17.1 Å². The number of benzene rings is 2. The van der Waals surface area contributed by atoms with Crippen LogP contribution in [-0.2, 0) is 11.3 Å². The van der Waals surface area contributed by atoms with Crippen LogP contribution in [0, 0.1) is 5.82 Å². The zero-order valence-electron chi connectivity index (χ0n) is 20.7. The smallest absolute Gasteiger partial charge is 0.262 e. The monoisotopic (exact) mass is 481 g/mol. The van der Waals surface area contributed by atoms with E-state index in [0.717, 1.165) is 38.3 Å². The van der Waals surface area contributed by atoms with Crippen LogP contribution >= 0.6 is 0 Å². The first-order valence-corrected chi connectivity index (χ1v) is 11.9. The summed E-state index contributed by atoms with van der Waals surface area (Å²) in [5.74, 6) is -0.498.